The van der Waals surface area contributed by atoms with Crippen molar-refractivity contribution in [3.8, 4) is 0 Å². The fourth-order valence-corrected chi connectivity index (χ4v) is 2.99. The highest BCUT2D eigenvalue weighted by Crippen LogP contribution is 1.97. The third kappa shape index (κ3) is 28.8. The zero-order valence-electron chi connectivity index (χ0n) is 22.9. The van der Waals surface area contributed by atoms with Crippen LogP contribution in [0.1, 0.15) is 64.7 Å². The molecular formula is C31H47N3O4. The number of carbonyl (C=O) groups excluding carboxylic acids is 2. The van der Waals surface area contributed by atoms with E-state index in [0.29, 0.717) is 39.0 Å². The lowest BCUT2D eigenvalue weighted by molar-refractivity contribution is -0.131. The Kier molecular flexibility index (Phi) is 25.6. The van der Waals surface area contributed by atoms with Crippen LogP contribution in [-0.4, -0.2) is 49.1 Å². The minimum Gasteiger partial charge on any atom is -0.478 e. The van der Waals surface area contributed by atoms with Gasteiger partial charge in [-0.2, -0.15) is 0 Å². The summed E-state index contributed by atoms with van der Waals surface area (Å²) in [6, 6.07) is 0. The number of rotatable bonds is 23. The molecule has 0 aliphatic heterocycles. The van der Waals surface area contributed by atoms with E-state index < -0.39 is 11.9 Å². The van der Waals surface area contributed by atoms with Crippen LogP contribution in [0.25, 0.3) is 0 Å². The molecule has 0 aromatic heterocycles. The Bertz CT molecular complexity index is 836. The van der Waals surface area contributed by atoms with Crippen molar-refractivity contribution < 1.29 is 19.5 Å². The molecule has 0 radical (unpaired) electrons. The quantitative estimate of drug-likeness (QED) is 0.0821. The highest BCUT2D eigenvalue weighted by atomic mass is 16.4. The molecule has 0 atom stereocenters. The van der Waals surface area contributed by atoms with Gasteiger partial charge in [-0.15, -0.1) is 0 Å². The second kappa shape index (κ2) is 28.1. The molecule has 0 spiro atoms. The number of carboxylic acid groups (broad SMARTS) is 1. The Morgan fingerprint density at radius 2 is 1.13 bits per heavy atom. The van der Waals surface area contributed by atoms with Crippen LogP contribution in [0.3, 0.4) is 0 Å². The van der Waals surface area contributed by atoms with Crippen LogP contribution < -0.4 is 16.0 Å². The average molecular weight is 526 g/mol. The van der Waals surface area contributed by atoms with E-state index in [1.165, 1.54) is 0 Å². The van der Waals surface area contributed by atoms with Crippen molar-refractivity contribution in [2.24, 2.45) is 0 Å². The second-order valence-corrected chi connectivity index (χ2v) is 8.37. The molecule has 7 nitrogen and oxygen atoms in total. The first-order valence-corrected chi connectivity index (χ1v) is 13.6. The van der Waals surface area contributed by atoms with Crippen molar-refractivity contribution in [2.45, 2.75) is 64.7 Å². The highest BCUT2D eigenvalue weighted by molar-refractivity contribution is 5.93. The summed E-state index contributed by atoms with van der Waals surface area (Å²) in [6.45, 7) is 4.49. The van der Waals surface area contributed by atoms with Gasteiger partial charge in [0.1, 0.15) is 0 Å². The van der Waals surface area contributed by atoms with E-state index in [9.17, 15) is 14.4 Å². The van der Waals surface area contributed by atoms with Gasteiger partial charge in [0.15, 0.2) is 0 Å². The maximum atomic E-state index is 11.8. The van der Waals surface area contributed by atoms with E-state index in [4.69, 9.17) is 5.11 Å². The van der Waals surface area contributed by atoms with Crippen molar-refractivity contribution >= 4 is 17.8 Å². The number of carboxylic acids is 1. The lowest BCUT2D eigenvalue weighted by atomic mass is 10.2. The third-order valence-electron chi connectivity index (χ3n) is 4.97. The summed E-state index contributed by atoms with van der Waals surface area (Å²) in [5.74, 6) is -1.54. The van der Waals surface area contributed by atoms with Crippen molar-refractivity contribution in [1.29, 1.82) is 0 Å². The van der Waals surface area contributed by atoms with Gasteiger partial charge in [-0.25, -0.2) is 4.79 Å². The van der Waals surface area contributed by atoms with Crippen molar-refractivity contribution in [1.82, 2.24) is 16.0 Å². The van der Waals surface area contributed by atoms with Gasteiger partial charge in [0.05, 0.1) is 0 Å². The molecule has 38 heavy (non-hydrogen) atoms. The molecule has 2 amide bonds. The predicted molar refractivity (Wildman–Crippen MR) is 158 cm³/mol. The van der Waals surface area contributed by atoms with Crippen LogP contribution in [0.2, 0.25) is 0 Å². The maximum Gasteiger partial charge on any atom is 0.328 e. The Hall–Kier alpha value is -3.45. The topological polar surface area (TPSA) is 108 Å². The summed E-state index contributed by atoms with van der Waals surface area (Å²) in [6.07, 6.45) is 35.5. The van der Waals surface area contributed by atoms with Crippen molar-refractivity contribution in [2.75, 3.05) is 26.2 Å². The normalized spacial score (nSPS) is 12.4. The minimum atomic E-state index is -1.15. The number of aliphatic carboxylic acids is 1. The lowest BCUT2D eigenvalue weighted by Gasteiger charge is -2.06. The maximum absolute atomic E-state index is 11.8. The molecule has 210 valence electrons. The van der Waals surface area contributed by atoms with E-state index in [-0.39, 0.29) is 5.91 Å². The van der Waals surface area contributed by atoms with E-state index in [2.05, 4.69) is 89.7 Å². The number of hydrogen-bond acceptors (Lipinski definition) is 4. The standard InChI is InChI=1S/C31H47N3O4/c1-2-3-4-5-6-7-8-9-10-11-12-13-14-15-16-17-18-19-20-22-29(35)34-28-27-32-25-21-26-33-30(36)23-24-31(37)38/h3-4,6-7,9-10,12-13,15-16,18-19,23-24,32H,2,5,8,11,14,17,20-22,25-28H2,1H3,(H,33,36)(H,34,35)(H,37,38). The van der Waals surface area contributed by atoms with Crippen LogP contribution in [0.4, 0.5) is 0 Å². The Morgan fingerprint density at radius 1 is 0.605 bits per heavy atom. The first kappa shape index (κ1) is 34.6. The van der Waals surface area contributed by atoms with Crippen LogP contribution in [0, 0.1) is 0 Å². The largest absolute Gasteiger partial charge is 0.478 e. The molecular weight excluding hydrogens is 478 g/mol. The molecule has 0 aromatic carbocycles. The smallest absolute Gasteiger partial charge is 0.328 e. The lowest BCUT2D eigenvalue weighted by Crippen LogP contribution is -2.33. The molecule has 0 aliphatic carbocycles. The van der Waals surface area contributed by atoms with Crippen LogP contribution >= 0.6 is 0 Å². The predicted octanol–water partition coefficient (Wildman–Crippen LogP) is 5.32. The molecule has 0 heterocycles. The molecule has 4 N–H and O–H groups in total. The van der Waals surface area contributed by atoms with Gasteiger partial charge in [0.25, 0.3) is 0 Å². The Labute approximate surface area is 229 Å². The number of carbonyl (C=O) groups is 3. The van der Waals surface area contributed by atoms with Gasteiger partial charge in [-0.1, -0.05) is 79.8 Å². The van der Waals surface area contributed by atoms with Crippen molar-refractivity contribution in [3.63, 3.8) is 0 Å². The van der Waals surface area contributed by atoms with E-state index in [0.717, 1.165) is 57.1 Å². The summed E-state index contributed by atoms with van der Waals surface area (Å²) < 4.78 is 0. The molecule has 0 saturated heterocycles. The van der Waals surface area contributed by atoms with Crippen LogP contribution in [-0.2, 0) is 14.4 Å². The SMILES string of the molecule is CCC=CCC=CCC=CCC=CCC=CCC=CCCC(=O)NCCNCCCNC(=O)C=CC(=O)O. The monoisotopic (exact) mass is 525 g/mol. The fourth-order valence-electron chi connectivity index (χ4n) is 2.99. The first-order chi connectivity index (χ1) is 18.6. The fraction of sp³-hybridized carbons (Fsp3) is 0.452. The molecule has 0 bridgehead atoms. The van der Waals surface area contributed by atoms with Gasteiger partial charge in [0.2, 0.25) is 11.8 Å². The highest BCUT2D eigenvalue weighted by Gasteiger charge is 1.99. The number of amides is 2. The van der Waals surface area contributed by atoms with Crippen molar-refractivity contribution in [3.05, 3.63) is 85.1 Å². The van der Waals surface area contributed by atoms with Gasteiger partial charge in [0, 0.05) is 38.2 Å². The molecule has 0 fully saturated rings. The van der Waals surface area contributed by atoms with Gasteiger partial charge in [-0.3, -0.25) is 9.59 Å². The molecule has 0 rings (SSSR count). The summed E-state index contributed by atoms with van der Waals surface area (Å²) >= 11 is 0. The molecule has 0 aliphatic rings. The molecule has 0 aromatic rings. The average Bonchev–Trinajstić information content (AvgIpc) is 2.90. The molecule has 0 saturated carbocycles. The zero-order chi connectivity index (χ0) is 27.9. The molecule has 7 heteroatoms. The number of nitrogens with one attached hydrogen (secondary N) is 3. The minimum absolute atomic E-state index is 0.0313. The second-order valence-electron chi connectivity index (χ2n) is 8.37. The summed E-state index contributed by atoms with van der Waals surface area (Å²) in [4.78, 5) is 33.4. The summed E-state index contributed by atoms with van der Waals surface area (Å²) in [5, 5.41) is 17.1. The van der Waals surface area contributed by atoms with Gasteiger partial charge in [-0.05, 0) is 57.9 Å². The Balaban J connectivity index is 3.56. The number of hydrogen-bond donors (Lipinski definition) is 4. The Morgan fingerprint density at radius 3 is 1.66 bits per heavy atom. The molecule has 0 unspecified atom stereocenters. The third-order valence-corrected chi connectivity index (χ3v) is 4.97. The number of allylic oxidation sites excluding steroid dienone is 12. The van der Waals surface area contributed by atoms with E-state index in [1.54, 1.807) is 0 Å². The first-order valence-electron chi connectivity index (χ1n) is 13.6. The van der Waals surface area contributed by atoms with Crippen LogP contribution in [0.5, 0.6) is 0 Å². The summed E-state index contributed by atoms with van der Waals surface area (Å²) in [7, 11) is 0. The van der Waals surface area contributed by atoms with E-state index in [1.807, 2.05) is 6.08 Å². The van der Waals surface area contributed by atoms with Gasteiger partial charge >= 0.3 is 5.97 Å². The van der Waals surface area contributed by atoms with Gasteiger partial charge < -0.3 is 21.1 Å². The van der Waals surface area contributed by atoms with Crippen LogP contribution in [0.15, 0.2) is 85.1 Å². The van der Waals surface area contributed by atoms with E-state index >= 15 is 0 Å². The zero-order valence-corrected chi connectivity index (χ0v) is 22.9. The summed E-state index contributed by atoms with van der Waals surface area (Å²) in [5.41, 5.74) is 0.